The van der Waals surface area contributed by atoms with E-state index < -0.39 is 11.6 Å². The van der Waals surface area contributed by atoms with Crippen molar-refractivity contribution in [3.63, 3.8) is 0 Å². The van der Waals surface area contributed by atoms with Gasteiger partial charge in [-0.3, -0.25) is 4.79 Å². The quantitative estimate of drug-likeness (QED) is 0.423. The molecule has 1 amide bonds. The predicted octanol–water partition coefficient (Wildman–Crippen LogP) is 6.19. The molecule has 3 aliphatic heterocycles. The molecule has 1 aromatic heterocycles. The Morgan fingerprint density at radius 2 is 1.60 bits per heavy atom. The lowest BCUT2D eigenvalue weighted by molar-refractivity contribution is 0.0793. The number of benzene rings is 2. The number of aromatic nitrogens is 1. The maximum Gasteiger partial charge on any atom is 0.253 e. The zero-order valence-electron chi connectivity index (χ0n) is 23.7. The van der Waals surface area contributed by atoms with Gasteiger partial charge in [0, 0.05) is 49.1 Å². The minimum Gasteiger partial charge on any atom is -0.362 e. The van der Waals surface area contributed by atoms with Gasteiger partial charge in [-0.05, 0) is 102 Å². The van der Waals surface area contributed by atoms with E-state index in [4.69, 9.17) is 0 Å². The number of rotatable bonds is 4. The van der Waals surface area contributed by atoms with Gasteiger partial charge in [-0.1, -0.05) is 12.1 Å². The summed E-state index contributed by atoms with van der Waals surface area (Å²) in [4.78, 5) is 23.6. The molecule has 6 nitrogen and oxygen atoms in total. The van der Waals surface area contributed by atoms with Gasteiger partial charge in [-0.25, -0.2) is 13.8 Å². The topological polar surface area (TPSA) is 51.7 Å². The highest BCUT2D eigenvalue weighted by molar-refractivity contribution is 5.95. The van der Waals surface area contributed by atoms with Crippen LogP contribution < -0.4 is 10.2 Å². The molecule has 0 aliphatic carbocycles. The number of nitrogens with one attached hydrogen (secondary N) is 1. The number of amides is 1. The van der Waals surface area contributed by atoms with Crippen LogP contribution in [-0.4, -0.2) is 66.0 Å². The van der Waals surface area contributed by atoms with Crippen molar-refractivity contribution >= 4 is 17.4 Å². The van der Waals surface area contributed by atoms with Gasteiger partial charge in [-0.2, -0.15) is 0 Å². The van der Waals surface area contributed by atoms with E-state index in [1.807, 2.05) is 40.1 Å². The molecule has 0 radical (unpaired) electrons. The van der Waals surface area contributed by atoms with Gasteiger partial charge in [0.2, 0.25) is 0 Å². The van der Waals surface area contributed by atoms with E-state index in [9.17, 15) is 13.6 Å². The minimum absolute atomic E-state index is 0.0716. The summed E-state index contributed by atoms with van der Waals surface area (Å²) in [5, 5.41) is 3.44. The summed E-state index contributed by atoms with van der Waals surface area (Å²) in [5.74, 6) is -0.108. The van der Waals surface area contributed by atoms with Crippen molar-refractivity contribution in [2.45, 2.75) is 51.6 Å². The highest BCUT2D eigenvalue weighted by Crippen LogP contribution is 2.37. The van der Waals surface area contributed by atoms with E-state index >= 15 is 0 Å². The Morgan fingerprint density at radius 1 is 0.925 bits per heavy atom. The summed E-state index contributed by atoms with van der Waals surface area (Å²) in [6, 6.07) is 13.1. The van der Waals surface area contributed by atoms with Crippen LogP contribution in [0.15, 0.2) is 54.7 Å². The van der Waals surface area contributed by atoms with Crippen LogP contribution in [0.5, 0.6) is 0 Å². The van der Waals surface area contributed by atoms with Crippen molar-refractivity contribution < 1.29 is 13.6 Å². The van der Waals surface area contributed by atoms with E-state index in [1.165, 1.54) is 38.1 Å². The van der Waals surface area contributed by atoms with Crippen LogP contribution in [0.25, 0.3) is 11.1 Å². The van der Waals surface area contributed by atoms with Gasteiger partial charge in [0.05, 0.1) is 11.2 Å². The molecule has 0 unspecified atom stereocenters. The van der Waals surface area contributed by atoms with Crippen LogP contribution in [0.1, 0.15) is 55.5 Å². The summed E-state index contributed by atoms with van der Waals surface area (Å²) >= 11 is 0. The lowest BCUT2D eigenvalue weighted by Crippen LogP contribution is -2.48. The maximum atomic E-state index is 14.4. The molecule has 212 valence electrons. The van der Waals surface area contributed by atoms with E-state index in [0.717, 1.165) is 48.8 Å². The van der Waals surface area contributed by atoms with Crippen molar-refractivity contribution in [3.05, 3.63) is 77.5 Å². The van der Waals surface area contributed by atoms with E-state index in [1.54, 1.807) is 6.20 Å². The summed E-state index contributed by atoms with van der Waals surface area (Å²) < 4.78 is 28.2. The lowest BCUT2D eigenvalue weighted by Gasteiger charge is -2.41. The van der Waals surface area contributed by atoms with Crippen LogP contribution in [0.2, 0.25) is 0 Å². The molecular formula is C32H39F2N5O. The molecule has 0 bridgehead atoms. The van der Waals surface area contributed by atoms with E-state index in [-0.39, 0.29) is 18.0 Å². The largest absolute Gasteiger partial charge is 0.362 e. The van der Waals surface area contributed by atoms with E-state index in [0.29, 0.717) is 23.5 Å². The number of carbonyl (C=O) groups is 1. The summed E-state index contributed by atoms with van der Waals surface area (Å²) in [6.45, 7) is 9.22. The van der Waals surface area contributed by atoms with Crippen LogP contribution >= 0.6 is 0 Å². The molecule has 2 saturated heterocycles. The molecule has 4 heterocycles. The van der Waals surface area contributed by atoms with Gasteiger partial charge >= 0.3 is 0 Å². The molecule has 0 spiro atoms. The number of anilines is 2. The van der Waals surface area contributed by atoms with Crippen molar-refractivity contribution in [1.82, 2.24) is 14.8 Å². The van der Waals surface area contributed by atoms with Crippen LogP contribution in [0, 0.1) is 11.6 Å². The third-order valence-corrected chi connectivity index (χ3v) is 7.81. The van der Waals surface area contributed by atoms with Gasteiger partial charge in [0.1, 0.15) is 17.5 Å². The Bertz CT molecular complexity index is 1330. The highest BCUT2D eigenvalue weighted by atomic mass is 19.1. The van der Waals surface area contributed by atoms with Gasteiger partial charge in [0.25, 0.3) is 5.91 Å². The molecule has 3 aromatic rings. The number of likely N-dealkylation sites (tertiary alicyclic amines) is 2. The standard InChI is InChI=1S/C27H28F2N4O.C5H11N/c1-27(2)17-33(16-21-13-22(28)9-10-23(21)29)24-14-20(15-30-25(24)31-27)18-5-7-19(8-6-18)26(34)32-11-3-4-12-32;1-6-4-2-3-5-6/h5-10,13-15H,3-4,11-12,16-17H2,1-2H3,(H,30,31);2-5H2,1H3. The van der Waals surface area contributed by atoms with Crippen molar-refractivity contribution in [3.8, 4) is 11.1 Å². The summed E-state index contributed by atoms with van der Waals surface area (Å²) in [6.07, 6.45) is 6.75. The minimum atomic E-state index is -0.457. The van der Waals surface area contributed by atoms with E-state index in [2.05, 4.69) is 36.1 Å². The second-order valence-electron chi connectivity index (χ2n) is 11.8. The molecular weight excluding hydrogens is 508 g/mol. The monoisotopic (exact) mass is 547 g/mol. The van der Waals surface area contributed by atoms with Crippen molar-refractivity contribution in [2.75, 3.05) is 50.0 Å². The summed E-state index contributed by atoms with van der Waals surface area (Å²) in [5.41, 5.74) is 3.36. The smallest absolute Gasteiger partial charge is 0.253 e. The number of carbonyl (C=O) groups excluding carboxylic acids is 1. The maximum absolute atomic E-state index is 14.4. The van der Waals surface area contributed by atoms with Crippen molar-refractivity contribution in [1.29, 1.82) is 0 Å². The van der Waals surface area contributed by atoms with Crippen molar-refractivity contribution in [2.24, 2.45) is 0 Å². The number of pyridine rings is 1. The Hall–Kier alpha value is -3.52. The van der Waals surface area contributed by atoms with Gasteiger partial charge in [-0.15, -0.1) is 0 Å². The fraction of sp³-hybridized carbons (Fsp3) is 0.438. The number of fused-ring (bicyclic) bond motifs is 1. The molecule has 2 fully saturated rings. The molecule has 6 rings (SSSR count). The number of hydrogen-bond donors (Lipinski definition) is 1. The first-order valence-electron chi connectivity index (χ1n) is 14.2. The fourth-order valence-electron chi connectivity index (χ4n) is 5.67. The average Bonchev–Trinajstić information content (AvgIpc) is 3.65. The van der Waals surface area contributed by atoms with Crippen LogP contribution in [0.3, 0.4) is 0 Å². The zero-order valence-corrected chi connectivity index (χ0v) is 23.7. The Balaban J connectivity index is 0.000000477. The first-order valence-corrected chi connectivity index (χ1v) is 14.2. The molecule has 2 aromatic carbocycles. The van der Waals surface area contributed by atoms with Crippen LogP contribution in [-0.2, 0) is 6.54 Å². The number of halogens is 2. The Morgan fingerprint density at radius 3 is 2.25 bits per heavy atom. The highest BCUT2D eigenvalue weighted by Gasteiger charge is 2.31. The molecule has 0 saturated carbocycles. The number of hydrogen-bond acceptors (Lipinski definition) is 5. The fourth-order valence-corrected chi connectivity index (χ4v) is 5.67. The number of nitrogens with zero attached hydrogens (tertiary/aromatic N) is 4. The first kappa shape index (κ1) is 28.0. The second-order valence-corrected chi connectivity index (χ2v) is 11.8. The molecule has 0 atom stereocenters. The lowest BCUT2D eigenvalue weighted by atomic mass is 9.98. The SMILES string of the molecule is CC1(C)CN(Cc2cc(F)ccc2F)c2cc(-c3ccc(C(=O)N4CCCC4)cc3)cnc2N1.CN1CCCC1. The van der Waals surface area contributed by atoms with Crippen LogP contribution in [0.4, 0.5) is 20.3 Å². The Kier molecular flexibility index (Phi) is 8.35. The molecule has 8 heteroatoms. The third-order valence-electron chi connectivity index (χ3n) is 7.81. The second kappa shape index (κ2) is 11.9. The van der Waals surface area contributed by atoms with Gasteiger partial charge in [0.15, 0.2) is 0 Å². The predicted molar refractivity (Wildman–Crippen MR) is 157 cm³/mol. The summed E-state index contributed by atoms with van der Waals surface area (Å²) in [7, 11) is 2.17. The molecule has 40 heavy (non-hydrogen) atoms. The third kappa shape index (κ3) is 6.61. The van der Waals surface area contributed by atoms with Gasteiger partial charge < -0.3 is 20.0 Å². The Labute approximate surface area is 236 Å². The molecule has 3 aliphatic rings. The first-order chi connectivity index (χ1) is 19.2. The zero-order chi connectivity index (χ0) is 28.3. The average molecular weight is 548 g/mol. The normalized spacial score (nSPS) is 18.1. The molecule has 1 N–H and O–H groups in total.